The number of rotatable bonds is 1. The zero-order valence-corrected chi connectivity index (χ0v) is 15.6. The Bertz CT molecular complexity index is 537. The summed E-state index contributed by atoms with van der Waals surface area (Å²) in [4.78, 5) is 23.7. The highest BCUT2D eigenvalue weighted by Gasteiger charge is 2.61. The Hall–Kier alpha value is -0.430. The van der Waals surface area contributed by atoms with E-state index >= 15 is 0 Å². The van der Waals surface area contributed by atoms with Crippen LogP contribution in [0.2, 0.25) is 0 Å². The minimum atomic E-state index is 0.247. The molecular weight excluding hydrogens is 305 g/mol. The molecule has 8 atom stereocenters. The molecule has 3 saturated carbocycles. The Morgan fingerprint density at radius 3 is 2.52 bits per heavy atom. The molecule has 4 heteroatoms. The van der Waals surface area contributed by atoms with Crippen LogP contribution in [0, 0.1) is 34.5 Å². The second-order valence-corrected chi connectivity index (χ2v) is 9.70. The number of carbonyl (C=O) groups excluding carboxylic acids is 2. The summed E-state index contributed by atoms with van der Waals surface area (Å²) in [5, 5.41) is 0. The number of hydrogen-bond acceptors (Lipinski definition) is 2. The minimum absolute atomic E-state index is 0.247. The number of fused-ring (bicyclic) bond motifs is 5. The zero-order chi connectivity index (χ0) is 16.4. The molecule has 0 bridgehead atoms. The Balaban J connectivity index is 1.65. The van der Waals surface area contributed by atoms with Crippen molar-refractivity contribution in [2.24, 2.45) is 34.5 Å². The average Bonchev–Trinajstić information content (AvgIpc) is 2.88. The maximum Gasteiger partial charge on any atom is 0.225 e. The van der Waals surface area contributed by atoms with E-state index in [4.69, 9.17) is 0 Å². The van der Waals surface area contributed by atoms with Crippen LogP contribution in [-0.4, -0.2) is 22.9 Å². The van der Waals surface area contributed by atoms with Crippen molar-refractivity contribution in [1.82, 2.24) is 4.67 Å². The molecule has 4 rings (SSSR count). The van der Waals surface area contributed by atoms with E-state index in [1.807, 2.05) is 4.67 Å². The van der Waals surface area contributed by atoms with Crippen LogP contribution < -0.4 is 0 Å². The van der Waals surface area contributed by atoms with Crippen LogP contribution in [0.25, 0.3) is 0 Å². The van der Waals surface area contributed by atoms with Gasteiger partial charge in [-0.25, -0.2) is 0 Å². The van der Waals surface area contributed by atoms with Gasteiger partial charge in [-0.15, -0.1) is 0 Å². The van der Waals surface area contributed by atoms with Crippen molar-refractivity contribution in [2.45, 2.75) is 71.3 Å². The highest BCUT2D eigenvalue weighted by atomic mass is 31.0. The molecule has 0 aromatic carbocycles. The van der Waals surface area contributed by atoms with E-state index in [1.54, 1.807) is 0 Å². The first-order chi connectivity index (χ1) is 10.9. The molecule has 1 amide bonds. The number of nitrogens with zero attached hydrogens (tertiary/aromatic N) is 1. The summed E-state index contributed by atoms with van der Waals surface area (Å²) in [6.07, 6.45) is 10.2. The van der Waals surface area contributed by atoms with Gasteiger partial charge in [-0.2, -0.15) is 0 Å². The van der Waals surface area contributed by atoms with E-state index < -0.39 is 0 Å². The predicted octanol–water partition coefficient (Wildman–Crippen LogP) is 3.83. The van der Waals surface area contributed by atoms with Crippen molar-refractivity contribution < 1.29 is 9.59 Å². The van der Waals surface area contributed by atoms with Gasteiger partial charge in [0, 0.05) is 18.4 Å². The van der Waals surface area contributed by atoms with Crippen LogP contribution in [0.3, 0.4) is 0 Å². The van der Waals surface area contributed by atoms with Gasteiger partial charge >= 0.3 is 0 Å². The third kappa shape index (κ3) is 2.04. The highest BCUT2D eigenvalue weighted by molar-refractivity contribution is 7.14. The van der Waals surface area contributed by atoms with Gasteiger partial charge in [-0.3, -0.25) is 4.79 Å². The molecule has 3 nitrogen and oxygen atoms in total. The summed E-state index contributed by atoms with van der Waals surface area (Å²) >= 11 is 0. The van der Waals surface area contributed by atoms with Crippen molar-refractivity contribution in [3.8, 4) is 0 Å². The number of piperidine rings is 1. The largest absolute Gasteiger partial charge is 0.324 e. The summed E-state index contributed by atoms with van der Waals surface area (Å²) in [5.74, 6) is 2.82. The van der Waals surface area contributed by atoms with Crippen LogP contribution >= 0.6 is 9.39 Å². The minimum Gasteiger partial charge on any atom is -0.324 e. The van der Waals surface area contributed by atoms with Crippen molar-refractivity contribution in [1.29, 1.82) is 0 Å². The molecule has 4 fully saturated rings. The molecule has 0 radical (unpaired) electrons. The van der Waals surface area contributed by atoms with Crippen LogP contribution in [0.5, 0.6) is 0 Å². The van der Waals surface area contributed by atoms with E-state index in [1.165, 1.54) is 32.0 Å². The van der Waals surface area contributed by atoms with Crippen LogP contribution in [0.15, 0.2) is 0 Å². The summed E-state index contributed by atoms with van der Waals surface area (Å²) in [5.41, 5.74) is 0.524. The number of hydrogen-bond donors (Lipinski definition) is 0. The summed E-state index contributed by atoms with van der Waals surface area (Å²) in [6.45, 7) is 4.84. The normalized spacial score (nSPS) is 52.6. The SMILES string of the molecule is CC12CCC3C(CCC4N(P)C(=O)CCC34C)C1CCC2C=O. The lowest BCUT2D eigenvalue weighted by Crippen LogP contribution is -2.60. The van der Waals surface area contributed by atoms with Crippen LogP contribution in [0.1, 0.15) is 65.2 Å². The topological polar surface area (TPSA) is 37.4 Å². The van der Waals surface area contributed by atoms with Gasteiger partial charge in [-0.05, 0) is 82.9 Å². The summed E-state index contributed by atoms with van der Waals surface area (Å²) in [6, 6.07) is 0.405. The number of aldehydes is 1. The molecule has 1 heterocycles. The lowest BCUT2D eigenvalue weighted by Gasteiger charge is -2.61. The van der Waals surface area contributed by atoms with Crippen LogP contribution in [-0.2, 0) is 9.59 Å². The molecule has 23 heavy (non-hydrogen) atoms. The maximum absolute atomic E-state index is 12.1. The van der Waals surface area contributed by atoms with E-state index in [0.717, 1.165) is 37.0 Å². The Labute approximate surface area is 142 Å². The molecule has 128 valence electrons. The van der Waals surface area contributed by atoms with Gasteiger partial charge < -0.3 is 9.46 Å². The van der Waals surface area contributed by atoms with Crippen molar-refractivity contribution in [3.63, 3.8) is 0 Å². The third-order valence-electron chi connectivity index (χ3n) is 8.56. The van der Waals surface area contributed by atoms with Crippen molar-refractivity contribution >= 4 is 21.6 Å². The third-order valence-corrected chi connectivity index (χ3v) is 9.21. The predicted molar refractivity (Wildman–Crippen MR) is 93.5 cm³/mol. The fourth-order valence-electron chi connectivity index (χ4n) is 7.19. The summed E-state index contributed by atoms with van der Waals surface area (Å²) < 4.78 is 1.98. The van der Waals surface area contributed by atoms with Gasteiger partial charge in [0.05, 0.1) is 0 Å². The number of amides is 1. The molecule has 1 aliphatic heterocycles. The Morgan fingerprint density at radius 2 is 1.78 bits per heavy atom. The molecule has 1 saturated heterocycles. The van der Waals surface area contributed by atoms with Gasteiger partial charge in [0.1, 0.15) is 6.29 Å². The maximum atomic E-state index is 12.1. The summed E-state index contributed by atoms with van der Waals surface area (Å²) in [7, 11) is 2.71. The first-order valence-corrected chi connectivity index (χ1v) is 9.95. The van der Waals surface area contributed by atoms with Crippen molar-refractivity contribution in [3.05, 3.63) is 0 Å². The first kappa shape index (κ1) is 16.1. The van der Waals surface area contributed by atoms with E-state index in [9.17, 15) is 9.59 Å². The van der Waals surface area contributed by atoms with Gasteiger partial charge in [0.2, 0.25) is 5.91 Å². The molecule has 8 unspecified atom stereocenters. The fourth-order valence-corrected chi connectivity index (χ4v) is 7.81. The van der Waals surface area contributed by atoms with Gasteiger partial charge in [0.25, 0.3) is 0 Å². The van der Waals surface area contributed by atoms with E-state index in [2.05, 4.69) is 23.2 Å². The standard InChI is InChI=1S/C19H30NO2P/c1-18-9-7-15-13(14(18)5-3-12(18)11-21)4-6-16-19(15,2)10-8-17(22)20(16)23/h11-16H,3-10,23H2,1-2H3. The smallest absolute Gasteiger partial charge is 0.225 e. The molecule has 0 aromatic heterocycles. The van der Waals surface area contributed by atoms with Crippen LogP contribution in [0.4, 0.5) is 0 Å². The second-order valence-electron chi connectivity index (χ2n) is 9.14. The average molecular weight is 335 g/mol. The van der Waals surface area contributed by atoms with E-state index in [0.29, 0.717) is 18.4 Å². The Morgan fingerprint density at radius 1 is 1.04 bits per heavy atom. The molecule has 0 spiro atoms. The molecule has 0 N–H and O–H groups in total. The quantitative estimate of drug-likeness (QED) is 0.539. The Kier molecular flexibility index (Phi) is 3.69. The fraction of sp³-hybridized carbons (Fsp3) is 0.895. The monoisotopic (exact) mass is 335 g/mol. The molecule has 0 aromatic rings. The molecule has 3 aliphatic carbocycles. The lowest BCUT2D eigenvalue weighted by molar-refractivity contribution is -0.150. The molecule has 4 aliphatic rings. The lowest BCUT2D eigenvalue weighted by atomic mass is 9.47. The second kappa shape index (κ2) is 5.28. The van der Waals surface area contributed by atoms with Gasteiger partial charge in [-0.1, -0.05) is 13.8 Å². The van der Waals surface area contributed by atoms with Crippen molar-refractivity contribution in [2.75, 3.05) is 0 Å². The zero-order valence-electron chi connectivity index (χ0n) is 14.5. The van der Waals surface area contributed by atoms with E-state index in [-0.39, 0.29) is 16.7 Å². The highest BCUT2D eigenvalue weighted by Crippen LogP contribution is 2.66. The first-order valence-electron chi connectivity index (χ1n) is 9.44. The molecular formula is C19H30NO2P. The number of carbonyl (C=O) groups is 2. The van der Waals surface area contributed by atoms with Gasteiger partial charge in [0.15, 0.2) is 0 Å².